The largest absolute Gasteiger partial charge is 0.512 e. The lowest BCUT2D eigenvalue weighted by atomic mass is 9.77. The van der Waals surface area contributed by atoms with Gasteiger partial charge in [-0.1, -0.05) is 12.2 Å². The predicted octanol–water partition coefficient (Wildman–Crippen LogP) is 2.20. The molecule has 0 fully saturated rings. The quantitative estimate of drug-likeness (QED) is 0.109. The first-order valence-corrected chi connectivity index (χ1v) is 11.4. The number of nitrogens with one attached hydrogen (secondary N) is 2. The van der Waals surface area contributed by atoms with Gasteiger partial charge in [-0.2, -0.15) is 13.5 Å². The van der Waals surface area contributed by atoms with E-state index in [2.05, 4.69) is 10.5 Å². The summed E-state index contributed by atoms with van der Waals surface area (Å²) >= 11 is -2.03. The highest BCUT2D eigenvalue weighted by Crippen LogP contribution is 2.38. The van der Waals surface area contributed by atoms with Crippen LogP contribution in [0.15, 0.2) is 62.0 Å². The molecule has 30 heavy (non-hydrogen) atoms. The Morgan fingerprint density at radius 1 is 1.30 bits per heavy atom. The number of hydrogen-bond donors (Lipinski definition) is 7. The maximum atomic E-state index is 11.9. The van der Waals surface area contributed by atoms with Crippen LogP contribution >= 0.6 is 12.0 Å². The zero-order valence-electron chi connectivity index (χ0n) is 14.9. The van der Waals surface area contributed by atoms with Gasteiger partial charge in [-0.05, 0) is 24.3 Å². The van der Waals surface area contributed by atoms with Crippen molar-refractivity contribution in [2.24, 2.45) is 16.9 Å². The van der Waals surface area contributed by atoms with Crippen LogP contribution in [-0.4, -0.2) is 42.8 Å². The third kappa shape index (κ3) is 4.33. The first-order valence-electron chi connectivity index (χ1n) is 8.09. The van der Waals surface area contributed by atoms with Gasteiger partial charge in [-0.15, -0.1) is 0 Å². The van der Waals surface area contributed by atoms with Gasteiger partial charge in [0.1, 0.15) is 16.4 Å². The van der Waals surface area contributed by atoms with E-state index in [0.717, 1.165) is 6.08 Å². The fourth-order valence-corrected chi connectivity index (χ4v) is 4.66. The summed E-state index contributed by atoms with van der Waals surface area (Å²) in [7, 11) is -4.79. The van der Waals surface area contributed by atoms with Crippen LogP contribution in [0.25, 0.3) is 0 Å². The number of aliphatic hydroxyl groups is 1. The molecule has 0 saturated carbocycles. The first-order chi connectivity index (χ1) is 14.0. The molecule has 2 aliphatic carbocycles. The van der Waals surface area contributed by atoms with E-state index in [1.165, 1.54) is 30.4 Å². The second-order valence-electron chi connectivity index (χ2n) is 6.28. The molecular formula is C16H16N4O7S3. The Bertz CT molecular complexity index is 1170. The smallest absolute Gasteiger partial charge is 0.296 e. The van der Waals surface area contributed by atoms with Crippen LogP contribution in [-0.2, 0) is 21.2 Å². The molecule has 1 aromatic carbocycles. The lowest BCUT2D eigenvalue weighted by Gasteiger charge is -2.31. The molecular weight excluding hydrogens is 456 g/mol. The Morgan fingerprint density at radius 2 is 2.00 bits per heavy atom. The molecule has 2 aliphatic rings. The number of benzene rings is 1. The van der Waals surface area contributed by atoms with Crippen molar-refractivity contribution in [1.82, 2.24) is 0 Å². The number of fused-ring (bicyclic) bond motifs is 1. The molecule has 160 valence electrons. The van der Waals surface area contributed by atoms with Crippen LogP contribution in [0.3, 0.4) is 0 Å². The molecule has 0 amide bonds. The zero-order valence-corrected chi connectivity index (χ0v) is 17.3. The van der Waals surface area contributed by atoms with Crippen LogP contribution in [0.2, 0.25) is 0 Å². The van der Waals surface area contributed by atoms with Crippen LogP contribution in [0.1, 0.15) is 0 Å². The molecule has 0 spiro atoms. The van der Waals surface area contributed by atoms with Crippen molar-refractivity contribution in [3.63, 3.8) is 0 Å². The van der Waals surface area contributed by atoms with Crippen molar-refractivity contribution in [2.45, 2.75) is 4.90 Å². The lowest BCUT2D eigenvalue weighted by molar-refractivity contribution is 0.344. The highest BCUT2D eigenvalue weighted by molar-refractivity contribution is 7.97. The van der Waals surface area contributed by atoms with Crippen LogP contribution < -0.4 is 11.2 Å². The third-order valence-electron chi connectivity index (χ3n) is 4.38. The number of nitrogens with two attached hydrogens (primary N) is 1. The predicted molar refractivity (Wildman–Crippen MR) is 114 cm³/mol. The van der Waals surface area contributed by atoms with Gasteiger partial charge in [0.15, 0.2) is 11.1 Å². The van der Waals surface area contributed by atoms with Crippen molar-refractivity contribution in [1.29, 1.82) is 5.41 Å². The molecule has 0 aliphatic heterocycles. The summed E-state index contributed by atoms with van der Waals surface area (Å²) in [4.78, 5) is -0.509. The number of rotatable bonds is 5. The van der Waals surface area contributed by atoms with E-state index in [-0.39, 0.29) is 26.9 Å². The van der Waals surface area contributed by atoms with Gasteiger partial charge < -0.3 is 25.4 Å². The van der Waals surface area contributed by atoms with Gasteiger partial charge in [0.25, 0.3) is 10.1 Å². The molecule has 8 N–H and O–H groups in total. The van der Waals surface area contributed by atoms with Gasteiger partial charge in [-0.25, -0.2) is 4.21 Å². The van der Waals surface area contributed by atoms with Crippen molar-refractivity contribution >= 4 is 56.0 Å². The average molecular weight is 473 g/mol. The van der Waals surface area contributed by atoms with Gasteiger partial charge >= 0.3 is 0 Å². The number of hydrazone groups is 1. The van der Waals surface area contributed by atoms with Crippen LogP contribution in [0, 0.1) is 17.2 Å². The molecule has 3 atom stereocenters. The van der Waals surface area contributed by atoms with Gasteiger partial charge in [0.05, 0.1) is 27.9 Å². The van der Waals surface area contributed by atoms with Gasteiger partial charge in [0, 0.05) is 22.9 Å². The number of nitrogens with zero attached hydrogens (tertiary/aromatic N) is 1. The SMILES string of the molecule is N=C1/C(=N\Nc2ccc(N)c(S(=O)O)c2)C(S(=O)(=O)O)=CC2C=C(SO)C=C(O)C12. The Labute approximate surface area is 177 Å². The average Bonchev–Trinajstić information content (AvgIpc) is 2.66. The molecule has 0 saturated heterocycles. The molecule has 3 unspecified atom stereocenters. The van der Waals surface area contributed by atoms with Gasteiger partial charge in [0.2, 0.25) is 0 Å². The molecule has 11 nitrogen and oxygen atoms in total. The molecule has 0 radical (unpaired) electrons. The summed E-state index contributed by atoms with van der Waals surface area (Å²) in [6, 6.07) is 3.96. The second-order valence-corrected chi connectivity index (χ2v) is 9.26. The fourth-order valence-electron chi connectivity index (χ4n) is 3.04. The van der Waals surface area contributed by atoms with Crippen molar-refractivity contribution < 1.29 is 31.4 Å². The molecule has 0 aromatic heterocycles. The molecule has 0 bridgehead atoms. The first kappa shape index (κ1) is 22.2. The van der Waals surface area contributed by atoms with Crippen LogP contribution in [0.5, 0.6) is 0 Å². The zero-order chi connectivity index (χ0) is 22.2. The molecule has 14 heteroatoms. The Balaban J connectivity index is 2.06. The molecule has 3 rings (SSSR count). The van der Waals surface area contributed by atoms with E-state index in [1.54, 1.807) is 0 Å². The summed E-state index contributed by atoms with van der Waals surface area (Å²) in [6.45, 7) is 0. The van der Waals surface area contributed by atoms with Crippen molar-refractivity contribution in [3.8, 4) is 0 Å². The highest BCUT2D eigenvalue weighted by Gasteiger charge is 2.41. The van der Waals surface area contributed by atoms with E-state index < -0.39 is 49.4 Å². The summed E-state index contributed by atoms with van der Waals surface area (Å²) in [6.07, 6.45) is 3.80. The van der Waals surface area contributed by atoms with E-state index in [0.29, 0.717) is 12.0 Å². The minimum Gasteiger partial charge on any atom is -0.512 e. The standard InChI is InChI=1S/C16H16N4O7S3/c17-10-2-1-8(5-12(10)29(23)24)19-20-16-13(30(25,26)27)4-7-3-9(28-22)6-11(21)14(7)15(16)18/h1-7,14,18-19,21-22H,17H2,(H,23,24)(H,25,26,27)/b18-15?,20-16-. The molecule has 1 aromatic rings. The maximum Gasteiger partial charge on any atom is 0.296 e. The summed E-state index contributed by atoms with van der Waals surface area (Å²) < 4.78 is 63.2. The van der Waals surface area contributed by atoms with E-state index in [4.69, 9.17) is 11.1 Å². The van der Waals surface area contributed by atoms with Crippen LogP contribution in [0.4, 0.5) is 11.4 Å². The monoisotopic (exact) mass is 472 g/mol. The summed E-state index contributed by atoms with van der Waals surface area (Å²) in [5.74, 6) is -2.07. The third-order valence-corrected chi connectivity index (χ3v) is 6.46. The topological polar surface area (TPSA) is 206 Å². The highest BCUT2D eigenvalue weighted by atomic mass is 32.2. The number of allylic oxidation sites excluding steroid dienone is 5. The second kappa shape index (κ2) is 8.33. The van der Waals surface area contributed by atoms with Crippen molar-refractivity contribution in [3.05, 3.63) is 52.0 Å². The summed E-state index contributed by atoms with van der Waals surface area (Å²) in [5.41, 5.74) is 7.46. The maximum absolute atomic E-state index is 11.9. The Hall–Kier alpha value is -2.49. The fraction of sp³-hybridized carbons (Fsp3) is 0.125. The van der Waals surface area contributed by atoms with Gasteiger partial charge in [-0.3, -0.25) is 9.98 Å². The normalized spacial score (nSPS) is 23.9. The van der Waals surface area contributed by atoms with Crippen molar-refractivity contribution in [2.75, 3.05) is 11.2 Å². The minimum absolute atomic E-state index is 0.0578. The lowest BCUT2D eigenvalue weighted by Crippen LogP contribution is -2.38. The number of aliphatic hydroxyl groups excluding tert-OH is 1. The van der Waals surface area contributed by atoms with E-state index >= 15 is 0 Å². The number of anilines is 2. The van der Waals surface area contributed by atoms with E-state index in [1.807, 2.05) is 0 Å². The Morgan fingerprint density at radius 3 is 2.60 bits per heavy atom. The summed E-state index contributed by atoms with van der Waals surface area (Å²) in [5, 5.41) is 22.5. The number of hydrogen-bond acceptors (Lipinski definition) is 10. The molecule has 0 heterocycles. The Kier molecular flexibility index (Phi) is 6.16. The van der Waals surface area contributed by atoms with E-state index in [9.17, 15) is 31.4 Å². The number of nitrogen functional groups attached to an aromatic ring is 1. The minimum atomic E-state index is -4.79.